The molecule has 4 nitrogen and oxygen atoms in total. The Balaban J connectivity index is 0.865. The molecule has 10 aliphatic rings. The van der Waals surface area contributed by atoms with Crippen LogP contribution in [0.25, 0.3) is 49.4 Å². The topological polar surface area (TPSA) is 24.6 Å². The Morgan fingerprint density at radius 3 is 1.12 bits per heavy atom. The summed E-state index contributed by atoms with van der Waals surface area (Å²) in [7, 11) is 0. The van der Waals surface area contributed by atoms with Gasteiger partial charge in [-0.15, -0.1) is 0 Å². The number of hydrogen-bond donors (Lipinski definition) is 0. The van der Waals surface area contributed by atoms with Crippen LogP contribution >= 0.6 is 0 Å². The standard InChI is InChI=1S/C68H57N3O/c1-10-20-65-51(11-1)54-39-50(23-26-66(54)72-65)69-59-24-21-48(70-61-16-6-2-12-55(61)67(56-13-3-7-17-62(56)70)44-29-40-27-41(31-44)32-45(67)30-40)37-52(59)53-38-49(22-25-60(53)69)71-63-18-8-4-14-57(63)68(58-15-5-9-19-64(58)71)46-33-42-28-43(35-46)36-47(68)34-42/h1-26,37-47H,27-36H2. The summed E-state index contributed by atoms with van der Waals surface area (Å²) in [5.41, 5.74) is 19.7. The number of benzene rings is 8. The van der Waals surface area contributed by atoms with Gasteiger partial charge in [0.15, 0.2) is 0 Å². The van der Waals surface area contributed by atoms with E-state index in [0.717, 1.165) is 51.3 Å². The Morgan fingerprint density at radius 2 is 0.681 bits per heavy atom. The van der Waals surface area contributed by atoms with Crippen LogP contribution in [0.3, 0.4) is 0 Å². The second-order valence-corrected chi connectivity index (χ2v) is 24.1. The van der Waals surface area contributed by atoms with Crippen molar-refractivity contribution in [2.75, 3.05) is 9.80 Å². The molecule has 8 bridgehead atoms. The van der Waals surface area contributed by atoms with E-state index in [9.17, 15) is 0 Å². The normalized spacial score (nSPS) is 27.3. The summed E-state index contributed by atoms with van der Waals surface area (Å²) in [4.78, 5) is 5.28. The Labute approximate surface area is 420 Å². The lowest BCUT2D eigenvalue weighted by Gasteiger charge is -2.64. The van der Waals surface area contributed by atoms with Crippen molar-refractivity contribution in [1.29, 1.82) is 0 Å². The first-order chi connectivity index (χ1) is 35.6. The molecule has 8 fully saturated rings. The maximum Gasteiger partial charge on any atom is 0.135 e. The van der Waals surface area contributed by atoms with E-state index in [2.05, 4.69) is 190 Å². The maximum absolute atomic E-state index is 6.41. The van der Waals surface area contributed by atoms with E-state index in [-0.39, 0.29) is 10.8 Å². The Bertz CT molecular complexity index is 3610. The van der Waals surface area contributed by atoms with E-state index >= 15 is 0 Å². The molecule has 4 heterocycles. The first-order valence-electron chi connectivity index (χ1n) is 27.6. The third kappa shape index (κ3) is 4.86. The molecule has 8 saturated carbocycles. The number of hydrogen-bond acceptors (Lipinski definition) is 3. The minimum atomic E-state index is 0.0678. The maximum atomic E-state index is 6.41. The van der Waals surface area contributed by atoms with Crippen molar-refractivity contribution in [3.63, 3.8) is 0 Å². The number of rotatable bonds is 3. The zero-order valence-corrected chi connectivity index (χ0v) is 40.7. The van der Waals surface area contributed by atoms with Crippen LogP contribution in [0, 0.1) is 47.3 Å². The zero-order valence-electron chi connectivity index (χ0n) is 40.7. The summed E-state index contributed by atoms with van der Waals surface area (Å²) in [6.45, 7) is 0. The molecule has 2 aliphatic heterocycles. The summed E-state index contributed by atoms with van der Waals surface area (Å²) >= 11 is 0. The average Bonchev–Trinajstić information content (AvgIpc) is 3.95. The zero-order chi connectivity index (χ0) is 46.6. The quantitative estimate of drug-likeness (QED) is 0.176. The van der Waals surface area contributed by atoms with Gasteiger partial charge in [-0.3, -0.25) is 0 Å². The monoisotopic (exact) mass is 931 g/mol. The van der Waals surface area contributed by atoms with E-state index in [1.54, 1.807) is 22.3 Å². The van der Waals surface area contributed by atoms with Gasteiger partial charge in [-0.05, 0) is 219 Å². The summed E-state index contributed by atoms with van der Waals surface area (Å²) in [5, 5.41) is 4.83. The van der Waals surface area contributed by atoms with E-state index in [0.29, 0.717) is 23.7 Å². The molecule has 0 N–H and O–H groups in total. The first kappa shape index (κ1) is 39.6. The third-order valence-electron chi connectivity index (χ3n) is 21.1. The molecule has 72 heavy (non-hydrogen) atoms. The van der Waals surface area contributed by atoms with E-state index in [1.807, 2.05) is 0 Å². The molecule has 0 saturated heterocycles. The highest BCUT2D eigenvalue weighted by Gasteiger charge is 2.63. The lowest BCUT2D eigenvalue weighted by Crippen LogP contribution is -2.57. The van der Waals surface area contributed by atoms with E-state index in [4.69, 9.17) is 4.42 Å². The predicted molar refractivity (Wildman–Crippen MR) is 293 cm³/mol. The minimum Gasteiger partial charge on any atom is -0.456 e. The molecule has 350 valence electrons. The van der Waals surface area contributed by atoms with Gasteiger partial charge in [-0.25, -0.2) is 0 Å². The molecule has 10 aromatic rings. The van der Waals surface area contributed by atoms with E-state index < -0.39 is 0 Å². The summed E-state index contributed by atoms with van der Waals surface area (Å²) < 4.78 is 8.92. The lowest BCUT2D eigenvalue weighted by atomic mass is 9.41. The fourth-order valence-corrected chi connectivity index (χ4v) is 19.2. The number of para-hydroxylation sites is 5. The van der Waals surface area contributed by atoms with Crippen LogP contribution in [-0.4, -0.2) is 4.57 Å². The van der Waals surface area contributed by atoms with Crippen LogP contribution in [0.2, 0.25) is 0 Å². The van der Waals surface area contributed by atoms with Gasteiger partial charge in [0.1, 0.15) is 11.2 Å². The van der Waals surface area contributed by atoms with Gasteiger partial charge >= 0.3 is 0 Å². The van der Waals surface area contributed by atoms with Crippen molar-refractivity contribution in [3.8, 4) is 5.69 Å². The van der Waals surface area contributed by atoms with Crippen molar-refractivity contribution in [2.24, 2.45) is 47.3 Å². The SMILES string of the molecule is c1ccc2c(c1)N(c1ccc3c(c1)c1cc(N4c5ccccc5C5(c6ccccc64)C4CC6CC(C4)CC5C6)ccc1n3-c1ccc3oc4ccccc4c3c1)c1ccccc1C21C2CC3CC(C2)CC1C3. The third-order valence-corrected chi connectivity index (χ3v) is 21.1. The van der Waals surface area contributed by atoms with Gasteiger partial charge in [0.25, 0.3) is 0 Å². The fourth-order valence-electron chi connectivity index (χ4n) is 19.2. The summed E-state index contributed by atoms with van der Waals surface area (Å²) in [6, 6.07) is 68.3. The smallest absolute Gasteiger partial charge is 0.135 e. The molecule has 0 atom stereocenters. The van der Waals surface area contributed by atoms with Crippen molar-refractivity contribution in [3.05, 3.63) is 198 Å². The number of aromatic nitrogens is 1. The molecule has 0 unspecified atom stereocenters. The molecule has 2 spiro atoms. The summed E-state index contributed by atoms with van der Waals surface area (Å²) in [6.07, 6.45) is 13.9. The Morgan fingerprint density at radius 1 is 0.319 bits per heavy atom. The molecule has 2 aromatic heterocycles. The largest absolute Gasteiger partial charge is 0.456 e. The predicted octanol–water partition coefficient (Wildman–Crippen LogP) is 17.7. The highest BCUT2D eigenvalue weighted by Crippen LogP contribution is 2.71. The molecule has 20 rings (SSSR count). The number of anilines is 6. The minimum absolute atomic E-state index is 0.0678. The van der Waals surface area contributed by atoms with Gasteiger partial charge in [0.05, 0.1) is 33.8 Å². The van der Waals surface area contributed by atoms with Crippen molar-refractivity contribution < 1.29 is 4.42 Å². The highest BCUT2D eigenvalue weighted by molar-refractivity contribution is 6.13. The fraction of sp³-hybridized carbons (Fsp3) is 0.294. The molecule has 0 amide bonds. The van der Waals surface area contributed by atoms with Crippen LogP contribution in [0.5, 0.6) is 0 Å². The van der Waals surface area contributed by atoms with Crippen LogP contribution in [0.4, 0.5) is 34.1 Å². The van der Waals surface area contributed by atoms with Crippen LogP contribution in [0.15, 0.2) is 180 Å². The second kappa shape index (κ2) is 13.9. The van der Waals surface area contributed by atoms with Crippen LogP contribution in [-0.2, 0) is 10.8 Å². The van der Waals surface area contributed by atoms with Gasteiger partial charge in [0.2, 0.25) is 0 Å². The molecular weight excluding hydrogens is 875 g/mol. The molecular formula is C68H57N3O. The summed E-state index contributed by atoms with van der Waals surface area (Å²) in [5.74, 6) is 6.40. The van der Waals surface area contributed by atoms with Gasteiger partial charge in [-0.2, -0.15) is 0 Å². The molecule has 8 aliphatic carbocycles. The second-order valence-electron chi connectivity index (χ2n) is 24.1. The van der Waals surface area contributed by atoms with E-state index in [1.165, 1.54) is 120 Å². The average molecular weight is 932 g/mol. The Hall–Kier alpha value is -7.04. The lowest BCUT2D eigenvalue weighted by molar-refractivity contribution is -0.0419. The Kier molecular flexibility index (Phi) is 7.65. The van der Waals surface area contributed by atoms with Crippen LogP contribution in [0.1, 0.15) is 86.5 Å². The molecule has 0 radical (unpaired) electrons. The number of nitrogens with zero attached hydrogens (tertiary/aromatic N) is 3. The van der Waals surface area contributed by atoms with Crippen LogP contribution < -0.4 is 9.80 Å². The number of fused-ring (bicyclic) bond motifs is 10. The van der Waals surface area contributed by atoms with Crippen molar-refractivity contribution in [2.45, 2.75) is 75.0 Å². The first-order valence-corrected chi connectivity index (χ1v) is 27.6. The highest BCUT2D eigenvalue weighted by atomic mass is 16.3. The number of furan rings is 1. The molecule has 4 heteroatoms. The van der Waals surface area contributed by atoms with Gasteiger partial charge in [-0.1, -0.05) is 91.0 Å². The molecule has 8 aromatic carbocycles. The van der Waals surface area contributed by atoms with Crippen molar-refractivity contribution >= 4 is 77.9 Å². The van der Waals surface area contributed by atoms with Gasteiger partial charge in [0, 0.05) is 49.4 Å². The van der Waals surface area contributed by atoms with Gasteiger partial charge < -0.3 is 18.8 Å². The van der Waals surface area contributed by atoms with Crippen molar-refractivity contribution in [1.82, 2.24) is 4.57 Å².